The van der Waals surface area contributed by atoms with E-state index in [4.69, 9.17) is 6.57 Å². The highest BCUT2D eigenvalue weighted by atomic mass is 16.2. The van der Waals surface area contributed by atoms with Crippen molar-refractivity contribution < 1.29 is 4.79 Å². The van der Waals surface area contributed by atoms with Crippen LogP contribution >= 0.6 is 0 Å². The average molecular weight is 497 g/mol. The Morgan fingerprint density at radius 2 is 1.84 bits per heavy atom. The van der Waals surface area contributed by atoms with E-state index in [1.165, 1.54) is 38.8 Å². The van der Waals surface area contributed by atoms with Crippen LogP contribution < -0.4 is 21.1 Å². The van der Waals surface area contributed by atoms with Crippen molar-refractivity contribution >= 4 is 28.7 Å². The molecule has 2 aromatic carbocycles. The summed E-state index contributed by atoms with van der Waals surface area (Å²) in [6.07, 6.45) is 6.57. The summed E-state index contributed by atoms with van der Waals surface area (Å²) < 4.78 is 0. The molecule has 0 bridgehead atoms. The largest absolute Gasteiger partial charge is 0.389 e. The molecule has 5 rings (SSSR count). The third kappa shape index (κ3) is 5.52. The summed E-state index contributed by atoms with van der Waals surface area (Å²) in [6.45, 7) is 11.9. The highest BCUT2D eigenvalue weighted by molar-refractivity contribution is 6.04. The number of aromatic nitrogens is 1. The molecule has 0 saturated carbocycles. The molecule has 8 heteroatoms. The maximum Gasteiger partial charge on any atom is 0.271 e. The Hall–Kier alpha value is -4.09. The van der Waals surface area contributed by atoms with Crippen molar-refractivity contribution in [1.82, 2.24) is 9.88 Å². The summed E-state index contributed by atoms with van der Waals surface area (Å²) in [6, 6.07) is 15.2. The Kier molecular flexibility index (Phi) is 7.24. The predicted molar refractivity (Wildman–Crippen MR) is 149 cm³/mol. The van der Waals surface area contributed by atoms with Crippen molar-refractivity contribution in [3.8, 4) is 11.1 Å². The molecule has 37 heavy (non-hydrogen) atoms. The Morgan fingerprint density at radius 3 is 2.57 bits per heavy atom. The van der Waals surface area contributed by atoms with Gasteiger partial charge in [-0.25, -0.2) is 4.85 Å². The molecule has 2 aliphatic rings. The zero-order valence-electron chi connectivity index (χ0n) is 21.1. The minimum Gasteiger partial charge on any atom is -0.389 e. The van der Waals surface area contributed by atoms with Crippen LogP contribution in [0.3, 0.4) is 0 Å². The van der Waals surface area contributed by atoms with Gasteiger partial charge in [0.1, 0.15) is 5.69 Å². The maximum absolute atomic E-state index is 13.0. The molecular weight excluding hydrogens is 464 g/mol. The number of aromatic amines is 1. The zero-order valence-corrected chi connectivity index (χ0v) is 21.1. The molecule has 2 saturated heterocycles. The molecule has 3 N–H and O–H groups in total. The Labute approximate surface area is 217 Å². The van der Waals surface area contributed by atoms with Gasteiger partial charge < -0.3 is 25.4 Å². The summed E-state index contributed by atoms with van der Waals surface area (Å²) in [5, 5.41) is 5.81. The van der Waals surface area contributed by atoms with E-state index < -0.39 is 0 Å². The Bertz CT molecular complexity index is 1370. The maximum atomic E-state index is 13.0. The van der Waals surface area contributed by atoms with E-state index in [0.29, 0.717) is 22.9 Å². The number of amides is 1. The molecule has 8 nitrogen and oxygen atoms in total. The van der Waals surface area contributed by atoms with Crippen molar-refractivity contribution in [3.63, 3.8) is 0 Å². The van der Waals surface area contributed by atoms with E-state index >= 15 is 0 Å². The number of pyridine rings is 1. The number of carbonyl (C=O) groups is 1. The second-order valence-electron chi connectivity index (χ2n) is 9.76. The number of H-pyrrole nitrogens is 1. The number of likely N-dealkylation sites (tertiary alicyclic amines) is 1. The molecule has 0 aliphatic carbocycles. The first-order chi connectivity index (χ1) is 18.0. The molecule has 190 valence electrons. The summed E-state index contributed by atoms with van der Waals surface area (Å²) in [4.78, 5) is 36.7. The second kappa shape index (κ2) is 10.9. The minimum atomic E-state index is -0.384. The number of carbonyl (C=O) groups excluding carboxylic acids is 1. The van der Waals surface area contributed by atoms with Crippen LogP contribution in [0.1, 0.15) is 36.0 Å². The standard InChI is InChI=1S/C29H32N6O2/c1-30-23-14-21(15-24(17-23)31-2)22-16-27(29(37)32-18-22)33-28(36)20-7-9-25(10-8-20)35-13-5-6-26(35)19-34-11-3-4-12-34/h7-10,14-18,26,30H,3-6,11-13,19H2,1H3,(H,32,37)(H,33,36)/t26-/m0/s1. The Balaban J connectivity index is 1.30. The lowest BCUT2D eigenvalue weighted by Crippen LogP contribution is -2.39. The first-order valence-electron chi connectivity index (χ1n) is 12.9. The summed E-state index contributed by atoms with van der Waals surface area (Å²) in [5.41, 5.74) is 4.16. The van der Waals surface area contributed by atoms with Gasteiger partial charge in [0.05, 0.1) is 6.57 Å². The quantitative estimate of drug-likeness (QED) is 0.403. The fourth-order valence-corrected chi connectivity index (χ4v) is 5.36. The average Bonchev–Trinajstić information content (AvgIpc) is 3.62. The number of nitrogens with one attached hydrogen (secondary N) is 3. The number of rotatable bonds is 7. The van der Waals surface area contributed by atoms with Crippen molar-refractivity contribution in [3.05, 3.63) is 82.1 Å². The van der Waals surface area contributed by atoms with Crippen LogP contribution in [0.5, 0.6) is 0 Å². The normalized spacial score (nSPS) is 17.5. The van der Waals surface area contributed by atoms with Crippen LogP contribution in [-0.4, -0.2) is 55.1 Å². The molecule has 2 fully saturated rings. The van der Waals surface area contributed by atoms with Gasteiger partial charge >= 0.3 is 0 Å². The summed E-state index contributed by atoms with van der Waals surface area (Å²) in [5.74, 6) is -0.338. The highest BCUT2D eigenvalue weighted by Crippen LogP contribution is 2.30. The number of anilines is 3. The predicted octanol–water partition coefficient (Wildman–Crippen LogP) is 4.95. The van der Waals surface area contributed by atoms with Gasteiger partial charge in [-0.3, -0.25) is 9.59 Å². The molecule has 3 aromatic rings. The molecule has 0 spiro atoms. The molecule has 1 atom stereocenters. The van der Waals surface area contributed by atoms with E-state index in [-0.39, 0.29) is 17.2 Å². The van der Waals surface area contributed by atoms with E-state index in [1.54, 1.807) is 31.4 Å². The van der Waals surface area contributed by atoms with Gasteiger partial charge in [0.15, 0.2) is 5.69 Å². The highest BCUT2D eigenvalue weighted by Gasteiger charge is 2.27. The van der Waals surface area contributed by atoms with Crippen LogP contribution in [-0.2, 0) is 0 Å². The van der Waals surface area contributed by atoms with Gasteiger partial charge in [0, 0.05) is 49.3 Å². The van der Waals surface area contributed by atoms with Crippen LogP contribution in [0.4, 0.5) is 22.7 Å². The topological polar surface area (TPSA) is 84.8 Å². The monoisotopic (exact) mass is 496 g/mol. The second-order valence-corrected chi connectivity index (χ2v) is 9.76. The third-order valence-electron chi connectivity index (χ3n) is 7.33. The Morgan fingerprint density at radius 1 is 1.05 bits per heavy atom. The number of nitrogens with zero attached hydrogens (tertiary/aromatic N) is 3. The zero-order chi connectivity index (χ0) is 25.8. The van der Waals surface area contributed by atoms with E-state index in [0.717, 1.165) is 30.0 Å². The fourth-order valence-electron chi connectivity index (χ4n) is 5.36. The summed E-state index contributed by atoms with van der Waals surface area (Å²) >= 11 is 0. The lowest BCUT2D eigenvalue weighted by molar-refractivity contribution is 0.102. The molecule has 1 aromatic heterocycles. The molecule has 3 heterocycles. The number of hydrogen-bond donors (Lipinski definition) is 3. The minimum absolute atomic E-state index is 0.163. The van der Waals surface area contributed by atoms with Gasteiger partial charge in [-0.2, -0.15) is 0 Å². The number of benzene rings is 2. The van der Waals surface area contributed by atoms with Crippen molar-refractivity contribution in [2.24, 2.45) is 0 Å². The van der Waals surface area contributed by atoms with E-state index in [9.17, 15) is 9.59 Å². The van der Waals surface area contributed by atoms with E-state index in [2.05, 4.69) is 30.3 Å². The first-order valence-corrected chi connectivity index (χ1v) is 12.9. The van der Waals surface area contributed by atoms with Crippen molar-refractivity contribution in [1.29, 1.82) is 0 Å². The van der Waals surface area contributed by atoms with Crippen molar-refractivity contribution in [2.45, 2.75) is 31.7 Å². The van der Waals surface area contributed by atoms with Gasteiger partial charge in [-0.05, 0) is 98.4 Å². The van der Waals surface area contributed by atoms with Gasteiger partial charge in [0.25, 0.3) is 11.5 Å². The SMILES string of the molecule is [C-]#[N+]c1cc(NC)cc(-c2c[nH]c(=O)c(NC(=O)c3ccc(N4CCC[C@H]4CN4CCCC4)cc3)c2)c1. The van der Waals surface area contributed by atoms with Crippen LogP contribution in [0, 0.1) is 6.57 Å². The van der Waals surface area contributed by atoms with Gasteiger partial charge in [0.2, 0.25) is 0 Å². The van der Waals surface area contributed by atoms with Gasteiger partial charge in [-0.1, -0.05) is 0 Å². The van der Waals surface area contributed by atoms with E-state index in [1.807, 2.05) is 30.3 Å². The third-order valence-corrected chi connectivity index (χ3v) is 7.33. The summed E-state index contributed by atoms with van der Waals surface area (Å²) in [7, 11) is 1.79. The van der Waals surface area contributed by atoms with Crippen LogP contribution in [0.25, 0.3) is 16.0 Å². The fraction of sp³-hybridized carbons (Fsp3) is 0.345. The lowest BCUT2D eigenvalue weighted by atomic mass is 10.1. The molecule has 1 amide bonds. The molecule has 0 unspecified atom stereocenters. The lowest BCUT2D eigenvalue weighted by Gasteiger charge is -2.30. The molecule has 0 radical (unpaired) electrons. The van der Waals surface area contributed by atoms with Crippen LogP contribution in [0.15, 0.2) is 59.5 Å². The van der Waals surface area contributed by atoms with Crippen LogP contribution in [0.2, 0.25) is 0 Å². The smallest absolute Gasteiger partial charge is 0.271 e. The number of hydrogen-bond acceptors (Lipinski definition) is 5. The first kappa shape index (κ1) is 24.6. The molecular formula is C29H32N6O2. The van der Waals surface area contributed by atoms with Gasteiger partial charge in [-0.15, -0.1) is 0 Å². The van der Waals surface area contributed by atoms with Crippen molar-refractivity contribution in [2.75, 3.05) is 48.8 Å². The molecule has 2 aliphatic heterocycles.